The fraction of sp³-hybridized carbons (Fsp3) is 0.667. The summed E-state index contributed by atoms with van der Waals surface area (Å²) < 4.78 is 10.8. The van der Waals surface area contributed by atoms with Crippen molar-refractivity contribution in [2.24, 2.45) is 0 Å². The van der Waals surface area contributed by atoms with Gasteiger partial charge in [0.15, 0.2) is 0 Å². The molecule has 0 bridgehead atoms. The normalized spacial score (nSPS) is 25.0. The number of piperidine rings is 1. The molecule has 4 heteroatoms. The number of likely N-dealkylation sites (tertiary alicyclic amines) is 1. The molecule has 0 unspecified atom stereocenters. The molecule has 0 amide bonds. The minimum atomic E-state index is 0.734. The zero-order valence-electron chi connectivity index (χ0n) is 13.5. The van der Waals surface area contributed by atoms with Crippen LogP contribution in [-0.4, -0.2) is 61.8 Å². The molecule has 2 fully saturated rings. The summed E-state index contributed by atoms with van der Waals surface area (Å²) in [5.74, 6) is 0.946. The van der Waals surface area contributed by atoms with Crippen molar-refractivity contribution in [3.05, 3.63) is 30.2 Å². The maximum absolute atomic E-state index is 5.43. The van der Waals surface area contributed by atoms with Crippen LogP contribution in [0.1, 0.15) is 31.4 Å². The maximum Gasteiger partial charge on any atom is 0.126 e. The third kappa shape index (κ3) is 4.70. The Kier molecular flexibility index (Phi) is 6.11. The molecule has 2 saturated heterocycles. The Bertz CT molecular complexity index is 438. The topological polar surface area (TPSA) is 28.9 Å². The molecule has 122 valence electrons. The van der Waals surface area contributed by atoms with Gasteiger partial charge in [0.2, 0.25) is 0 Å². The first-order valence-electron chi connectivity index (χ1n) is 8.66. The van der Waals surface area contributed by atoms with Crippen LogP contribution < -0.4 is 0 Å². The Hall–Kier alpha value is -1.10. The molecule has 0 N–H and O–H groups in total. The standard InChI is InChI=1S/C18H28N2O2/c1-2-9-20(10-3-6-18-7-4-14-22-18)17(5-1)8-11-19-12-15-21-16-13-19/h3-4,6-7,14,17H,1-2,5,8-13,15-16H2/b6-3+/t17-/m1/s1. The highest BCUT2D eigenvalue weighted by atomic mass is 16.5. The van der Waals surface area contributed by atoms with Crippen LogP contribution in [0.2, 0.25) is 0 Å². The second-order valence-electron chi connectivity index (χ2n) is 6.31. The molecule has 4 nitrogen and oxygen atoms in total. The van der Waals surface area contributed by atoms with Gasteiger partial charge in [0.05, 0.1) is 19.5 Å². The highest BCUT2D eigenvalue weighted by Crippen LogP contribution is 2.20. The largest absolute Gasteiger partial charge is 0.465 e. The van der Waals surface area contributed by atoms with Gasteiger partial charge in [-0.1, -0.05) is 12.5 Å². The Morgan fingerprint density at radius 3 is 2.91 bits per heavy atom. The number of ether oxygens (including phenoxy) is 1. The lowest BCUT2D eigenvalue weighted by molar-refractivity contribution is 0.0315. The summed E-state index contributed by atoms with van der Waals surface area (Å²) in [5, 5.41) is 0. The highest BCUT2D eigenvalue weighted by molar-refractivity contribution is 5.42. The van der Waals surface area contributed by atoms with E-state index in [4.69, 9.17) is 9.15 Å². The van der Waals surface area contributed by atoms with Gasteiger partial charge < -0.3 is 9.15 Å². The van der Waals surface area contributed by atoms with Crippen LogP contribution in [0.4, 0.5) is 0 Å². The molecule has 1 atom stereocenters. The molecule has 0 radical (unpaired) electrons. The fourth-order valence-electron chi connectivity index (χ4n) is 3.47. The predicted molar refractivity (Wildman–Crippen MR) is 88.8 cm³/mol. The third-order valence-corrected chi connectivity index (χ3v) is 4.80. The van der Waals surface area contributed by atoms with Crippen molar-refractivity contribution >= 4 is 6.08 Å². The first kappa shape index (κ1) is 15.8. The minimum absolute atomic E-state index is 0.734. The Morgan fingerprint density at radius 1 is 1.18 bits per heavy atom. The summed E-state index contributed by atoms with van der Waals surface area (Å²) in [5.41, 5.74) is 0. The van der Waals surface area contributed by atoms with Crippen molar-refractivity contribution in [1.82, 2.24) is 9.80 Å². The van der Waals surface area contributed by atoms with Crippen LogP contribution in [0.15, 0.2) is 28.9 Å². The smallest absolute Gasteiger partial charge is 0.126 e. The Morgan fingerprint density at radius 2 is 2.09 bits per heavy atom. The molecule has 0 aromatic carbocycles. The van der Waals surface area contributed by atoms with E-state index in [1.807, 2.05) is 12.1 Å². The van der Waals surface area contributed by atoms with Crippen LogP contribution in [0, 0.1) is 0 Å². The average molecular weight is 304 g/mol. The molecular weight excluding hydrogens is 276 g/mol. The van der Waals surface area contributed by atoms with Crippen molar-refractivity contribution < 1.29 is 9.15 Å². The first-order valence-corrected chi connectivity index (χ1v) is 8.66. The van der Waals surface area contributed by atoms with Crippen molar-refractivity contribution in [2.45, 2.75) is 31.7 Å². The summed E-state index contributed by atoms with van der Waals surface area (Å²) in [6, 6.07) is 4.67. The van der Waals surface area contributed by atoms with Crippen LogP contribution in [0.3, 0.4) is 0 Å². The SMILES string of the molecule is C(=C\c1ccco1)/CN1CCCC[C@@H]1CCN1CCOCC1. The van der Waals surface area contributed by atoms with Gasteiger partial charge in [-0.2, -0.15) is 0 Å². The predicted octanol–water partition coefficient (Wildman–Crippen LogP) is 2.87. The van der Waals surface area contributed by atoms with Crippen molar-refractivity contribution in [2.75, 3.05) is 45.9 Å². The molecule has 1 aromatic heterocycles. The van der Waals surface area contributed by atoms with Crippen molar-refractivity contribution in [3.8, 4) is 0 Å². The van der Waals surface area contributed by atoms with Gasteiger partial charge in [-0.15, -0.1) is 0 Å². The lowest BCUT2D eigenvalue weighted by atomic mass is 9.99. The Balaban J connectivity index is 1.45. The van der Waals surface area contributed by atoms with Crippen LogP contribution in [0.25, 0.3) is 6.08 Å². The van der Waals surface area contributed by atoms with Gasteiger partial charge in [0.1, 0.15) is 5.76 Å². The second kappa shape index (κ2) is 8.51. The second-order valence-corrected chi connectivity index (χ2v) is 6.31. The van der Waals surface area contributed by atoms with E-state index in [1.54, 1.807) is 6.26 Å². The molecular formula is C18H28N2O2. The number of furan rings is 1. The van der Waals surface area contributed by atoms with Gasteiger partial charge in [0.25, 0.3) is 0 Å². The van der Waals surface area contributed by atoms with E-state index in [0.29, 0.717) is 0 Å². The minimum Gasteiger partial charge on any atom is -0.465 e. The summed E-state index contributed by atoms with van der Waals surface area (Å²) >= 11 is 0. The van der Waals surface area contributed by atoms with E-state index in [2.05, 4.69) is 22.0 Å². The molecule has 0 saturated carbocycles. The maximum atomic E-state index is 5.43. The fourth-order valence-corrected chi connectivity index (χ4v) is 3.47. The molecule has 2 aliphatic rings. The quantitative estimate of drug-likeness (QED) is 0.808. The molecule has 22 heavy (non-hydrogen) atoms. The van der Waals surface area contributed by atoms with E-state index in [-0.39, 0.29) is 0 Å². The van der Waals surface area contributed by atoms with E-state index < -0.39 is 0 Å². The molecule has 3 rings (SSSR count). The van der Waals surface area contributed by atoms with Gasteiger partial charge in [0, 0.05) is 25.7 Å². The zero-order valence-corrected chi connectivity index (χ0v) is 13.5. The van der Waals surface area contributed by atoms with Crippen molar-refractivity contribution in [3.63, 3.8) is 0 Å². The first-order chi connectivity index (χ1) is 10.9. The monoisotopic (exact) mass is 304 g/mol. The average Bonchev–Trinajstić information content (AvgIpc) is 3.08. The number of hydrogen-bond acceptors (Lipinski definition) is 4. The van der Waals surface area contributed by atoms with Gasteiger partial charge >= 0.3 is 0 Å². The van der Waals surface area contributed by atoms with E-state index >= 15 is 0 Å². The molecule has 0 spiro atoms. The zero-order chi connectivity index (χ0) is 15.0. The van der Waals surface area contributed by atoms with Crippen LogP contribution >= 0.6 is 0 Å². The van der Waals surface area contributed by atoms with Crippen LogP contribution in [-0.2, 0) is 4.74 Å². The summed E-state index contributed by atoms with van der Waals surface area (Å²) in [6.07, 6.45) is 11.4. The van der Waals surface area contributed by atoms with Gasteiger partial charge in [-0.05, 0) is 50.6 Å². The molecule has 1 aromatic rings. The molecule has 2 aliphatic heterocycles. The number of morpholine rings is 1. The lowest BCUT2D eigenvalue weighted by Crippen LogP contribution is -2.43. The number of nitrogens with zero attached hydrogens (tertiary/aromatic N) is 2. The van der Waals surface area contributed by atoms with E-state index in [9.17, 15) is 0 Å². The van der Waals surface area contributed by atoms with Crippen molar-refractivity contribution in [1.29, 1.82) is 0 Å². The third-order valence-electron chi connectivity index (χ3n) is 4.80. The summed E-state index contributed by atoms with van der Waals surface area (Å²) in [4.78, 5) is 5.19. The lowest BCUT2D eigenvalue weighted by Gasteiger charge is -2.37. The molecule has 0 aliphatic carbocycles. The summed E-state index contributed by atoms with van der Waals surface area (Å²) in [7, 11) is 0. The Labute approximate surface area is 133 Å². The van der Waals surface area contributed by atoms with E-state index in [1.165, 1.54) is 38.8 Å². The number of hydrogen-bond donors (Lipinski definition) is 0. The van der Waals surface area contributed by atoms with E-state index in [0.717, 1.165) is 44.7 Å². The highest BCUT2D eigenvalue weighted by Gasteiger charge is 2.22. The molecule has 3 heterocycles. The van der Waals surface area contributed by atoms with Crippen LogP contribution in [0.5, 0.6) is 0 Å². The van der Waals surface area contributed by atoms with Gasteiger partial charge in [-0.3, -0.25) is 9.80 Å². The van der Waals surface area contributed by atoms with Gasteiger partial charge in [-0.25, -0.2) is 0 Å². The summed E-state index contributed by atoms with van der Waals surface area (Å²) in [6.45, 7) is 7.49. The number of rotatable bonds is 6.